The third-order valence-electron chi connectivity index (χ3n) is 9.94. The minimum atomic E-state index is 0.376. The van der Waals surface area contributed by atoms with Gasteiger partial charge in [-0.1, -0.05) is 97.1 Å². The molecule has 0 unspecified atom stereocenters. The molecule has 0 radical (unpaired) electrons. The second-order valence-electron chi connectivity index (χ2n) is 12.7. The molecule has 5 aromatic rings. The van der Waals surface area contributed by atoms with Crippen LogP contribution >= 0.6 is 0 Å². The normalized spacial score (nSPS) is 23.9. The van der Waals surface area contributed by atoms with E-state index in [2.05, 4.69) is 30.3 Å². The van der Waals surface area contributed by atoms with Crippen LogP contribution in [0, 0.1) is 29.1 Å². The minimum Gasteiger partial charge on any atom is -0.208 e. The first kappa shape index (κ1) is 25.1. The van der Waals surface area contributed by atoms with Crippen LogP contribution in [-0.4, -0.2) is 15.0 Å². The van der Waals surface area contributed by atoms with Gasteiger partial charge in [0, 0.05) is 16.7 Å². The number of hydrogen-bond acceptors (Lipinski definition) is 4. The van der Waals surface area contributed by atoms with Crippen molar-refractivity contribution < 1.29 is 0 Å². The Morgan fingerprint density at radius 2 is 1.02 bits per heavy atom. The average molecular weight is 545 g/mol. The highest BCUT2D eigenvalue weighted by Gasteiger charge is 2.51. The fraction of sp³-hybridized carbons (Fsp3) is 0.263. The van der Waals surface area contributed by atoms with Crippen LogP contribution in [0.25, 0.3) is 45.3 Å². The van der Waals surface area contributed by atoms with E-state index in [0.29, 0.717) is 28.5 Å². The van der Waals surface area contributed by atoms with Crippen molar-refractivity contribution in [2.45, 2.75) is 43.9 Å². The molecule has 4 aromatic carbocycles. The maximum Gasteiger partial charge on any atom is 0.164 e. The predicted molar refractivity (Wildman–Crippen MR) is 166 cm³/mol. The van der Waals surface area contributed by atoms with Crippen molar-refractivity contribution in [2.75, 3.05) is 0 Å². The molecule has 1 heterocycles. The number of nitrogens with zero attached hydrogens (tertiary/aromatic N) is 4. The van der Waals surface area contributed by atoms with Crippen molar-refractivity contribution >= 4 is 0 Å². The lowest BCUT2D eigenvalue weighted by atomic mass is 9.48. The van der Waals surface area contributed by atoms with Crippen LogP contribution < -0.4 is 0 Å². The molecule has 4 bridgehead atoms. The standard InChI is InChI=1S/C38H32N4/c39-24-32-20-31(37-41-35(29-7-3-1-4-8-29)40-36(42-37)30-9-5-2-6-10-30)13-16-34(32)28-11-14-33(15-12-28)38-21-25-17-26(22-38)19-27(18-25)23-38/h1-16,20,25-27H,17-19,21-23H2/t25-,26+,27-,38?. The second kappa shape index (κ2) is 10.0. The van der Waals surface area contributed by atoms with E-state index in [-0.39, 0.29) is 0 Å². The first-order valence-electron chi connectivity index (χ1n) is 15.2. The SMILES string of the molecule is N#Cc1cc(-c2nc(-c3ccccc3)nc(-c3ccccc3)n2)ccc1-c1ccc(C23C[C@H]4C[C@@H](C2)C[C@@H](C3)C4)cc1. The first-order chi connectivity index (χ1) is 20.7. The lowest BCUT2D eigenvalue weighted by Crippen LogP contribution is -2.48. The van der Waals surface area contributed by atoms with Gasteiger partial charge in [0.25, 0.3) is 0 Å². The highest BCUT2D eigenvalue weighted by atomic mass is 15.0. The average Bonchev–Trinajstić information content (AvgIpc) is 3.04. The summed E-state index contributed by atoms with van der Waals surface area (Å²) in [5.41, 5.74) is 7.18. The van der Waals surface area contributed by atoms with E-state index < -0.39 is 0 Å². The topological polar surface area (TPSA) is 62.5 Å². The van der Waals surface area contributed by atoms with Gasteiger partial charge in [0.1, 0.15) is 0 Å². The summed E-state index contributed by atoms with van der Waals surface area (Å²) < 4.78 is 0. The van der Waals surface area contributed by atoms with Crippen LogP contribution in [-0.2, 0) is 5.41 Å². The molecule has 4 saturated carbocycles. The zero-order chi connectivity index (χ0) is 28.1. The van der Waals surface area contributed by atoms with Crippen LogP contribution in [0.5, 0.6) is 0 Å². The molecule has 4 nitrogen and oxygen atoms in total. The van der Waals surface area contributed by atoms with Crippen LogP contribution in [0.1, 0.15) is 49.7 Å². The molecule has 0 spiro atoms. The molecular formula is C38H32N4. The third kappa shape index (κ3) is 4.41. The number of aromatic nitrogens is 3. The molecule has 4 fully saturated rings. The Labute approximate surface area is 247 Å². The molecule has 4 aliphatic rings. The van der Waals surface area contributed by atoms with Gasteiger partial charge in [-0.3, -0.25) is 0 Å². The number of benzene rings is 4. The Bertz CT molecular complexity index is 1710. The summed E-state index contributed by atoms with van der Waals surface area (Å²) in [6.07, 6.45) is 8.44. The van der Waals surface area contributed by atoms with Crippen molar-refractivity contribution in [3.05, 3.63) is 114 Å². The zero-order valence-corrected chi connectivity index (χ0v) is 23.6. The van der Waals surface area contributed by atoms with Gasteiger partial charge in [-0.15, -0.1) is 0 Å². The van der Waals surface area contributed by atoms with Gasteiger partial charge < -0.3 is 0 Å². The molecule has 4 aliphatic carbocycles. The molecule has 0 N–H and O–H groups in total. The summed E-state index contributed by atoms with van der Waals surface area (Å²) >= 11 is 0. The van der Waals surface area contributed by atoms with E-state index in [0.717, 1.165) is 45.6 Å². The minimum absolute atomic E-state index is 0.376. The van der Waals surface area contributed by atoms with Gasteiger partial charge in [0.05, 0.1) is 11.6 Å². The van der Waals surface area contributed by atoms with E-state index in [1.165, 1.54) is 44.1 Å². The maximum absolute atomic E-state index is 10.2. The Balaban J connectivity index is 1.15. The molecule has 0 atom stereocenters. The third-order valence-corrected chi connectivity index (χ3v) is 9.94. The van der Waals surface area contributed by atoms with Crippen molar-refractivity contribution in [1.29, 1.82) is 5.26 Å². The smallest absolute Gasteiger partial charge is 0.164 e. The molecular weight excluding hydrogens is 512 g/mol. The van der Waals surface area contributed by atoms with Crippen molar-refractivity contribution in [2.24, 2.45) is 17.8 Å². The maximum atomic E-state index is 10.2. The van der Waals surface area contributed by atoms with Crippen LogP contribution in [0.15, 0.2) is 103 Å². The fourth-order valence-electron chi connectivity index (χ4n) is 8.43. The van der Waals surface area contributed by atoms with Crippen LogP contribution in [0.2, 0.25) is 0 Å². The lowest BCUT2D eigenvalue weighted by molar-refractivity contribution is -0.00518. The molecule has 4 heteroatoms. The summed E-state index contributed by atoms with van der Waals surface area (Å²) in [6, 6.07) is 37.5. The summed E-state index contributed by atoms with van der Waals surface area (Å²) in [5.74, 6) is 4.56. The number of nitriles is 1. The Morgan fingerprint density at radius 3 is 1.52 bits per heavy atom. The van der Waals surface area contributed by atoms with Gasteiger partial charge in [-0.05, 0) is 84.5 Å². The first-order valence-corrected chi connectivity index (χ1v) is 15.2. The van der Waals surface area contributed by atoms with E-state index in [9.17, 15) is 5.26 Å². The van der Waals surface area contributed by atoms with Crippen molar-refractivity contribution in [3.63, 3.8) is 0 Å². The Hall–Kier alpha value is -4.62. The Kier molecular flexibility index (Phi) is 6.00. The molecule has 0 aliphatic heterocycles. The molecule has 42 heavy (non-hydrogen) atoms. The summed E-state index contributed by atoms with van der Waals surface area (Å²) in [5, 5.41) is 10.2. The summed E-state index contributed by atoms with van der Waals surface area (Å²) in [7, 11) is 0. The quantitative estimate of drug-likeness (QED) is 0.222. The number of rotatable bonds is 5. The van der Waals surface area contributed by atoms with Crippen molar-refractivity contribution in [3.8, 4) is 51.4 Å². The molecule has 204 valence electrons. The largest absolute Gasteiger partial charge is 0.208 e. The van der Waals surface area contributed by atoms with Gasteiger partial charge in [-0.2, -0.15) is 5.26 Å². The second-order valence-corrected chi connectivity index (χ2v) is 12.7. The predicted octanol–water partition coefficient (Wildman–Crippen LogP) is 8.88. The molecule has 1 aromatic heterocycles. The van der Waals surface area contributed by atoms with Crippen LogP contribution in [0.3, 0.4) is 0 Å². The zero-order valence-electron chi connectivity index (χ0n) is 23.6. The fourth-order valence-corrected chi connectivity index (χ4v) is 8.43. The van der Waals surface area contributed by atoms with Gasteiger partial charge in [0.2, 0.25) is 0 Å². The Morgan fingerprint density at radius 1 is 0.548 bits per heavy atom. The molecule has 9 rings (SSSR count). The van der Waals surface area contributed by atoms with Gasteiger partial charge >= 0.3 is 0 Å². The monoisotopic (exact) mass is 544 g/mol. The van der Waals surface area contributed by atoms with Crippen molar-refractivity contribution in [1.82, 2.24) is 15.0 Å². The molecule has 0 saturated heterocycles. The van der Waals surface area contributed by atoms with Gasteiger partial charge in [-0.25, -0.2) is 15.0 Å². The highest BCUT2D eigenvalue weighted by Crippen LogP contribution is 2.60. The van der Waals surface area contributed by atoms with E-state index >= 15 is 0 Å². The van der Waals surface area contributed by atoms with E-state index in [1.807, 2.05) is 78.9 Å². The summed E-state index contributed by atoms with van der Waals surface area (Å²) in [4.78, 5) is 14.5. The summed E-state index contributed by atoms with van der Waals surface area (Å²) in [6.45, 7) is 0. The van der Waals surface area contributed by atoms with E-state index in [4.69, 9.17) is 15.0 Å². The van der Waals surface area contributed by atoms with Gasteiger partial charge in [0.15, 0.2) is 17.5 Å². The van der Waals surface area contributed by atoms with Crippen LogP contribution in [0.4, 0.5) is 0 Å². The number of hydrogen-bond donors (Lipinski definition) is 0. The lowest BCUT2D eigenvalue weighted by Gasteiger charge is -2.57. The molecule has 0 amide bonds. The highest BCUT2D eigenvalue weighted by molar-refractivity contribution is 5.76. The van der Waals surface area contributed by atoms with E-state index in [1.54, 1.807) is 0 Å².